The maximum Gasteiger partial charge on any atom is 0.0494 e. The van der Waals surface area contributed by atoms with Crippen molar-refractivity contribution in [1.29, 1.82) is 0 Å². The molecule has 23 heavy (non-hydrogen) atoms. The third-order valence-corrected chi connectivity index (χ3v) is 5.33. The van der Waals surface area contributed by atoms with Crippen LogP contribution in [-0.2, 0) is 19.4 Å². The van der Waals surface area contributed by atoms with Crippen molar-refractivity contribution in [2.24, 2.45) is 0 Å². The summed E-state index contributed by atoms with van der Waals surface area (Å²) in [5.41, 5.74) is 8.74. The smallest absolute Gasteiger partial charge is 0.0494 e. The molecule has 1 heterocycles. The van der Waals surface area contributed by atoms with E-state index in [-0.39, 0.29) is 0 Å². The Labute approximate surface area is 136 Å². The van der Waals surface area contributed by atoms with Gasteiger partial charge in [0.25, 0.3) is 0 Å². The lowest BCUT2D eigenvalue weighted by atomic mass is 9.84. The van der Waals surface area contributed by atoms with Crippen LogP contribution in [0.3, 0.4) is 0 Å². The zero-order valence-corrected chi connectivity index (χ0v) is 13.3. The van der Waals surface area contributed by atoms with Crippen LogP contribution in [0.1, 0.15) is 29.2 Å². The quantitative estimate of drug-likeness (QED) is 0.395. The zero-order valence-electron chi connectivity index (χ0n) is 13.3. The van der Waals surface area contributed by atoms with Gasteiger partial charge < -0.3 is 4.57 Å². The van der Waals surface area contributed by atoms with Gasteiger partial charge in [-0.05, 0) is 54.2 Å². The summed E-state index contributed by atoms with van der Waals surface area (Å²) in [5, 5.41) is 2.87. The molecule has 0 saturated heterocycles. The van der Waals surface area contributed by atoms with Crippen LogP contribution in [0.2, 0.25) is 0 Å². The van der Waals surface area contributed by atoms with Gasteiger partial charge in [0.2, 0.25) is 0 Å². The van der Waals surface area contributed by atoms with Crippen LogP contribution in [0.5, 0.6) is 0 Å². The maximum atomic E-state index is 2.45. The molecule has 0 spiro atoms. The van der Waals surface area contributed by atoms with E-state index in [0.717, 1.165) is 19.4 Å². The van der Waals surface area contributed by atoms with Crippen LogP contribution in [0, 0.1) is 0 Å². The van der Waals surface area contributed by atoms with Crippen LogP contribution < -0.4 is 0 Å². The van der Waals surface area contributed by atoms with Gasteiger partial charge in [0.1, 0.15) is 0 Å². The summed E-state index contributed by atoms with van der Waals surface area (Å²) in [5.74, 6) is 0. The lowest BCUT2D eigenvalue weighted by Gasteiger charge is -2.20. The fourth-order valence-electron chi connectivity index (χ4n) is 4.26. The second-order valence-corrected chi connectivity index (χ2v) is 6.48. The number of para-hydroxylation sites is 1. The summed E-state index contributed by atoms with van der Waals surface area (Å²) in [7, 11) is 0. The van der Waals surface area contributed by atoms with Gasteiger partial charge in [-0.15, -0.1) is 0 Å². The monoisotopic (exact) mass is 297 g/mol. The Morgan fingerprint density at radius 2 is 1.48 bits per heavy atom. The number of aryl methyl sites for hydroxylation is 1. The molecule has 5 rings (SSSR count). The van der Waals surface area contributed by atoms with Crippen LogP contribution in [0.4, 0.5) is 0 Å². The van der Waals surface area contributed by atoms with E-state index >= 15 is 0 Å². The number of hydrogen-bond acceptors (Lipinski definition) is 0. The largest absolute Gasteiger partial charge is 0.341 e. The molecule has 0 N–H and O–H groups in total. The summed E-state index contributed by atoms with van der Waals surface area (Å²) in [6.07, 6.45) is 2.12. The first-order chi connectivity index (χ1) is 11.4. The number of rotatable bonds is 1. The van der Waals surface area contributed by atoms with Crippen molar-refractivity contribution in [2.45, 2.75) is 26.3 Å². The van der Waals surface area contributed by atoms with Crippen molar-refractivity contribution in [3.05, 3.63) is 82.9 Å². The molecule has 0 fully saturated rings. The summed E-state index contributed by atoms with van der Waals surface area (Å²) in [4.78, 5) is 0. The van der Waals surface area contributed by atoms with E-state index in [9.17, 15) is 0 Å². The van der Waals surface area contributed by atoms with E-state index in [2.05, 4.69) is 72.2 Å². The third kappa shape index (κ3) is 1.74. The van der Waals surface area contributed by atoms with Crippen LogP contribution in [-0.4, -0.2) is 4.57 Å². The zero-order chi connectivity index (χ0) is 15.4. The molecule has 1 aliphatic rings. The molecule has 1 aromatic heterocycles. The second kappa shape index (κ2) is 4.73. The first-order valence-electron chi connectivity index (χ1n) is 8.45. The van der Waals surface area contributed by atoms with E-state index in [1.54, 1.807) is 0 Å². The molecular weight excluding hydrogens is 278 g/mol. The van der Waals surface area contributed by atoms with Crippen molar-refractivity contribution in [3.63, 3.8) is 0 Å². The molecule has 1 heteroatoms. The molecule has 0 saturated carbocycles. The molecule has 112 valence electrons. The fraction of sp³-hybridized carbons (Fsp3) is 0.182. The summed E-state index contributed by atoms with van der Waals surface area (Å²) in [6.45, 7) is 3.25. The maximum absolute atomic E-state index is 2.45. The minimum atomic E-state index is 1.01. The van der Waals surface area contributed by atoms with Gasteiger partial charge in [0, 0.05) is 28.4 Å². The predicted octanol–water partition coefficient (Wildman–Crippen LogP) is 5.31. The normalized spacial score (nSPS) is 13.3. The Balaban J connectivity index is 1.88. The number of aromatic nitrogens is 1. The second-order valence-electron chi connectivity index (χ2n) is 6.48. The van der Waals surface area contributed by atoms with E-state index < -0.39 is 0 Å². The lowest BCUT2D eigenvalue weighted by Crippen LogP contribution is -2.07. The first-order valence-corrected chi connectivity index (χ1v) is 8.45. The minimum absolute atomic E-state index is 1.01. The average molecular weight is 297 g/mol. The van der Waals surface area contributed by atoms with Gasteiger partial charge in [-0.25, -0.2) is 0 Å². The summed E-state index contributed by atoms with van der Waals surface area (Å²) >= 11 is 0. The third-order valence-electron chi connectivity index (χ3n) is 5.33. The van der Waals surface area contributed by atoms with E-state index in [1.807, 2.05) is 0 Å². The first kappa shape index (κ1) is 13.0. The lowest BCUT2D eigenvalue weighted by molar-refractivity contribution is 0.826. The van der Waals surface area contributed by atoms with Crippen molar-refractivity contribution in [2.75, 3.05) is 0 Å². The summed E-state index contributed by atoms with van der Waals surface area (Å²) in [6, 6.07) is 22.4. The van der Waals surface area contributed by atoms with Crippen molar-refractivity contribution in [3.8, 4) is 0 Å². The van der Waals surface area contributed by atoms with Gasteiger partial charge in [0.05, 0.1) is 0 Å². The highest BCUT2D eigenvalue weighted by Gasteiger charge is 2.20. The molecule has 1 aliphatic carbocycles. The minimum Gasteiger partial charge on any atom is -0.341 e. The molecule has 0 bridgehead atoms. The molecule has 1 nitrogen and oxygen atoms in total. The van der Waals surface area contributed by atoms with Gasteiger partial charge in [0.15, 0.2) is 0 Å². The van der Waals surface area contributed by atoms with Crippen LogP contribution in [0.25, 0.3) is 21.8 Å². The van der Waals surface area contributed by atoms with E-state index in [4.69, 9.17) is 0 Å². The standard InChI is InChI=1S/C22H19N/c1-2-23-20-10-6-5-9-18(20)22-19-14-16-8-4-3-7-15(16)13-17(19)11-12-21(22)23/h3-12H,2,13-14H2,1H3. The number of fused-ring (bicyclic) bond motifs is 6. The van der Waals surface area contributed by atoms with Gasteiger partial charge >= 0.3 is 0 Å². The molecule has 0 atom stereocenters. The number of benzene rings is 3. The Morgan fingerprint density at radius 3 is 2.30 bits per heavy atom. The molecule has 3 aromatic carbocycles. The molecule has 0 radical (unpaired) electrons. The van der Waals surface area contributed by atoms with E-state index in [1.165, 1.54) is 44.1 Å². The Hall–Kier alpha value is -2.54. The predicted molar refractivity (Wildman–Crippen MR) is 97.2 cm³/mol. The molecular formula is C22H19N. The average Bonchev–Trinajstić information content (AvgIpc) is 2.94. The molecule has 0 unspecified atom stereocenters. The highest BCUT2D eigenvalue weighted by Crippen LogP contribution is 2.37. The fourth-order valence-corrected chi connectivity index (χ4v) is 4.26. The van der Waals surface area contributed by atoms with E-state index in [0.29, 0.717) is 0 Å². The topological polar surface area (TPSA) is 4.93 Å². The Kier molecular flexibility index (Phi) is 2.66. The van der Waals surface area contributed by atoms with Crippen molar-refractivity contribution in [1.82, 2.24) is 4.57 Å². The van der Waals surface area contributed by atoms with Gasteiger partial charge in [-0.1, -0.05) is 48.5 Å². The number of nitrogens with zero attached hydrogens (tertiary/aromatic N) is 1. The van der Waals surface area contributed by atoms with Gasteiger partial charge in [-0.3, -0.25) is 0 Å². The van der Waals surface area contributed by atoms with Crippen molar-refractivity contribution < 1.29 is 0 Å². The van der Waals surface area contributed by atoms with Crippen LogP contribution in [0.15, 0.2) is 60.7 Å². The highest BCUT2D eigenvalue weighted by atomic mass is 15.0. The molecule has 0 aliphatic heterocycles. The Morgan fingerprint density at radius 1 is 0.739 bits per heavy atom. The Bertz CT molecular complexity index is 1050. The SMILES string of the molecule is CCn1c2ccccc2c2c3c(ccc21)Cc1ccccc1C3. The summed E-state index contributed by atoms with van der Waals surface area (Å²) < 4.78 is 2.45. The highest BCUT2D eigenvalue weighted by molar-refractivity contribution is 6.10. The van der Waals surface area contributed by atoms with Gasteiger partial charge in [-0.2, -0.15) is 0 Å². The van der Waals surface area contributed by atoms with Crippen molar-refractivity contribution >= 4 is 21.8 Å². The van der Waals surface area contributed by atoms with Crippen LogP contribution >= 0.6 is 0 Å². The molecule has 4 aromatic rings. The molecule has 0 amide bonds. The number of hydrogen-bond donors (Lipinski definition) is 0.